The number of esters is 1. The zero-order valence-corrected chi connectivity index (χ0v) is 13.0. The Morgan fingerprint density at radius 1 is 1.45 bits per heavy atom. The minimum Gasteiger partial charge on any atom is -0.466 e. The van der Waals surface area contributed by atoms with Crippen molar-refractivity contribution in [2.24, 2.45) is 5.92 Å². The molecular formula is C15H21N5O2. The number of pyridine rings is 1. The summed E-state index contributed by atoms with van der Waals surface area (Å²) in [6, 6.07) is 1.98. The highest BCUT2D eigenvalue weighted by molar-refractivity contribution is 5.73. The Morgan fingerprint density at radius 3 is 2.86 bits per heavy atom. The zero-order chi connectivity index (χ0) is 15.7. The van der Waals surface area contributed by atoms with Crippen molar-refractivity contribution in [3.05, 3.63) is 17.8 Å². The van der Waals surface area contributed by atoms with Gasteiger partial charge in [0.05, 0.1) is 24.4 Å². The summed E-state index contributed by atoms with van der Waals surface area (Å²) in [5.74, 6) is 0.221. The van der Waals surface area contributed by atoms with Crippen LogP contribution in [0.2, 0.25) is 0 Å². The SMILES string of the molecule is CCOC(=O)C1CCN(c2cn3nc(N)nc3cc2C)CC1. The molecule has 1 fully saturated rings. The van der Waals surface area contributed by atoms with E-state index in [1.165, 1.54) is 0 Å². The smallest absolute Gasteiger partial charge is 0.309 e. The predicted octanol–water partition coefficient (Wildman–Crippen LogP) is 1.40. The molecule has 1 saturated heterocycles. The molecule has 0 unspecified atom stereocenters. The van der Waals surface area contributed by atoms with Crippen LogP contribution in [0.25, 0.3) is 5.65 Å². The van der Waals surface area contributed by atoms with Crippen molar-refractivity contribution in [1.82, 2.24) is 14.6 Å². The van der Waals surface area contributed by atoms with Crippen LogP contribution in [0, 0.1) is 12.8 Å². The van der Waals surface area contributed by atoms with Crippen LogP contribution < -0.4 is 10.6 Å². The maximum Gasteiger partial charge on any atom is 0.309 e. The van der Waals surface area contributed by atoms with Gasteiger partial charge in [-0.25, -0.2) is 4.52 Å². The summed E-state index contributed by atoms with van der Waals surface area (Å²) < 4.78 is 6.82. The van der Waals surface area contributed by atoms with Gasteiger partial charge in [0, 0.05) is 13.1 Å². The van der Waals surface area contributed by atoms with E-state index in [4.69, 9.17) is 10.5 Å². The molecule has 3 rings (SSSR count). The first kappa shape index (κ1) is 14.6. The van der Waals surface area contributed by atoms with Gasteiger partial charge >= 0.3 is 5.97 Å². The van der Waals surface area contributed by atoms with Gasteiger partial charge in [0.15, 0.2) is 5.65 Å². The fourth-order valence-electron chi connectivity index (χ4n) is 2.98. The van der Waals surface area contributed by atoms with Gasteiger partial charge in [-0.2, -0.15) is 4.98 Å². The summed E-state index contributed by atoms with van der Waals surface area (Å²) >= 11 is 0. The summed E-state index contributed by atoms with van der Waals surface area (Å²) in [6.45, 7) is 6.01. The predicted molar refractivity (Wildman–Crippen MR) is 83.7 cm³/mol. The van der Waals surface area contributed by atoms with Crippen LogP contribution in [0.5, 0.6) is 0 Å². The third kappa shape index (κ3) is 2.70. The van der Waals surface area contributed by atoms with Crippen molar-refractivity contribution in [1.29, 1.82) is 0 Å². The first-order valence-electron chi connectivity index (χ1n) is 7.62. The van der Waals surface area contributed by atoms with Crippen LogP contribution in [0.15, 0.2) is 12.3 Å². The van der Waals surface area contributed by atoms with E-state index in [1.807, 2.05) is 19.2 Å². The fraction of sp³-hybridized carbons (Fsp3) is 0.533. The standard InChI is InChI=1S/C15H21N5O2/c1-3-22-14(21)11-4-6-19(7-5-11)12-9-20-13(8-10(12)2)17-15(16)18-20/h8-9,11H,3-7H2,1-2H3,(H2,16,18). The Morgan fingerprint density at radius 2 is 2.18 bits per heavy atom. The number of fused-ring (bicyclic) bond motifs is 1. The molecule has 7 heteroatoms. The Labute approximate surface area is 129 Å². The molecular weight excluding hydrogens is 282 g/mol. The number of nitrogens with two attached hydrogens (primary N) is 1. The van der Waals surface area contributed by atoms with E-state index >= 15 is 0 Å². The number of aromatic nitrogens is 3. The molecule has 0 atom stereocenters. The lowest BCUT2D eigenvalue weighted by molar-refractivity contribution is -0.148. The third-order valence-electron chi connectivity index (χ3n) is 4.12. The molecule has 0 aliphatic carbocycles. The number of nitrogens with zero attached hydrogens (tertiary/aromatic N) is 4. The highest BCUT2D eigenvalue weighted by Crippen LogP contribution is 2.27. The van der Waals surface area contributed by atoms with Gasteiger partial charge in [-0.15, -0.1) is 5.10 Å². The van der Waals surface area contributed by atoms with Gasteiger partial charge in [-0.3, -0.25) is 4.79 Å². The van der Waals surface area contributed by atoms with Crippen molar-refractivity contribution in [3.63, 3.8) is 0 Å². The van der Waals surface area contributed by atoms with Crippen LogP contribution in [0.3, 0.4) is 0 Å². The highest BCUT2D eigenvalue weighted by atomic mass is 16.5. The quantitative estimate of drug-likeness (QED) is 0.863. The summed E-state index contributed by atoms with van der Waals surface area (Å²) in [5.41, 5.74) is 8.64. The van der Waals surface area contributed by atoms with Gasteiger partial charge in [0.25, 0.3) is 0 Å². The molecule has 0 saturated carbocycles. The molecule has 1 aliphatic rings. The number of carbonyl (C=O) groups excluding carboxylic acids is 1. The summed E-state index contributed by atoms with van der Waals surface area (Å²) in [6.07, 6.45) is 3.59. The van der Waals surface area contributed by atoms with E-state index < -0.39 is 0 Å². The molecule has 2 aromatic rings. The molecule has 0 spiro atoms. The number of piperidine rings is 1. The average Bonchev–Trinajstić information content (AvgIpc) is 2.86. The number of anilines is 2. The topological polar surface area (TPSA) is 85.8 Å². The summed E-state index contributed by atoms with van der Waals surface area (Å²) in [7, 11) is 0. The molecule has 118 valence electrons. The normalized spacial score (nSPS) is 16.2. The van der Waals surface area contributed by atoms with Gasteiger partial charge < -0.3 is 15.4 Å². The lowest BCUT2D eigenvalue weighted by Crippen LogP contribution is -2.37. The number of carbonyl (C=O) groups is 1. The molecule has 3 heterocycles. The van der Waals surface area contributed by atoms with Gasteiger partial charge in [-0.05, 0) is 38.3 Å². The highest BCUT2D eigenvalue weighted by Gasteiger charge is 2.26. The molecule has 7 nitrogen and oxygen atoms in total. The second kappa shape index (κ2) is 5.82. The molecule has 0 aromatic carbocycles. The second-order valence-corrected chi connectivity index (χ2v) is 5.63. The van der Waals surface area contributed by atoms with Crippen molar-refractivity contribution in [2.75, 3.05) is 30.3 Å². The van der Waals surface area contributed by atoms with Crippen LogP contribution in [-0.4, -0.2) is 40.3 Å². The van der Waals surface area contributed by atoms with Gasteiger partial charge in [-0.1, -0.05) is 0 Å². The lowest BCUT2D eigenvalue weighted by atomic mass is 9.96. The molecule has 1 aliphatic heterocycles. The monoisotopic (exact) mass is 303 g/mol. The molecule has 2 aromatic heterocycles. The van der Waals surface area contributed by atoms with E-state index in [0.29, 0.717) is 6.61 Å². The molecule has 0 radical (unpaired) electrons. The Kier molecular flexibility index (Phi) is 3.87. The Bertz CT molecular complexity index is 689. The van der Waals surface area contributed by atoms with E-state index in [1.54, 1.807) is 4.52 Å². The van der Waals surface area contributed by atoms with E-state index in [-0.39, 0.29) is 17.8 Å². The number of rotatable bonds is 3. The number of nitrogen functional groups attached to an aromatic ring is 1. The molecule has 22 heavy (non-hydrogen) atoms. The fourth-order valence-corrected chi connectivity index (χ4v) is 2.98. The van der Waals surface area contributed by atoms with E-state index in [2.05, 4.69) is 21.9 Å². The summed E-state index contributed by atoms with van der Waals surface area (Å²) in [5, 5.41) is 4.16. The zero-order valence-electron chi connectivity index (χ0n) is 13.0. The van der Waals surface area contributed by atoms with Gasteiger partial charge in [0.2, 0.25) is 5.95 Å². The maximum absolute atomic E-state index is 11.8. The van der Waals surface area contributed by atoms with Crippen molar-refractivity contribution >= 4 is 23.3 Å². The van der Waals surface area contributed by atoms with Crippen LogP contribution in [-0.2, 0) is 9.53 Å². The number of aryl methyl sites for hydroxylation is 1. The Balaban J connectivity index is 1.76. The number of hydrogen-bond donors (Lipinski definition) is 1. The lowest BCUT2D eigenvalue weighted by Gasteiger charge is -2.33. The summed E-state index contributed by atoms with van der Waals surface area (Å²) in [4.78, 5) is 18.3. The van der Waals surface area contributed by atoms with Crippen molar-refractivity contribution < 1.29 is 9.53 Å². The Hall–Kier alpha value is -2.31. The largest absolute Gasteiger partial charge is 0.466 e. The second-order valence-electron chi connectivity index (χ2n) is 5.63. The third-order valence-corrected chi connectivity index (χ3v) is 4.12. The molecule has 0 amide bonds. The number of hydrogen-bond acceptors (Lipinski definition) is 6. The minimum absolute atomic E-state index is 0.0160. The van der Waals surface area contributed by atoms with Gasteiger partial charge in [0.1, 0.15) is 0 Å². The maximum atomic E-state index is 11.8. The van der Waals surface area contributed by atoms with Crippen LogP contribution in [0.4, 0.5) is 11.6 Å². The first-order valence-corrected chi connectivity index (χ1v) is 7.62. The average molecular weight is 303 g/mol. The van der Waals surface area contributed by atoms with Crippen molar-refractivity contribution in [3.8, 4) is 0 Å². The molecule has 0 bridgehead atoms. The van der Waals surface area contributed by atoms with E-state index in [9.17, 15) is 4.79 Å². The van der Waals surface area contributed by atoms with Crippen LogP contribution in [0.1, 0.15) is 25.3 Å². The van der Waals surface area contributed by atoms with E-state index in [0.717, 1.165) is 42.8 Å². The van der Waals surface area contributed by atoms with Crippen molar-refractivity contribution in [2.45, 2.75) is 26.7 Å². The molecule has 2 N–H and O–H groups in total. The minimum atomic E-state index is -0.0710. The first-order chi connectivity index (χ1) is 10.6. The number of ether oxygens (including phenoxy) is 1. The van der Waals surface area contributed by atoms with Crippen LogP contribution >= 0.6 is 0 Å².